The van der Waals surface area contributed by atoms with Crippen LogP contribution < -0.4 is 5.32 Å². The lowest BCUT2D eigenvalue weighted by atomic mass is 10.1. The molecule has 1 atom stereocenters. The van der Waals surface area contributed by atoms with Gasteiger partial charge in [0, 0.05) is 18.1 Å². The molecule has 1 aromatic carbocycles. The third kappa shape index (κ3) is 5.59. The van der Waals surface area contributed by atoms with Gasteiger partial charge in [-0.15, -0.1) is 0 Å². The van der Waals surface area contributed by atoms with E-state index in [1.807, 2.05) is 0 Å². The molecule has 1 rings (SSSR count). The van der Waals surface area contributed by atoms with Gasteiger partial charge >= 0.3 is 5.97 Å². The van der Waals surface area contributed by atoms with Crippen molar-refractivity contribution < 1.29 is 19.1 Å². The summed E-state index contributed by atoms with van der Waals surface area (Å²) in [6.45, 7) is 2.15. The Morgan fingerprint density at radius 1 is 1.30 bits per heavy atom. The summed E-state index contributed by atoms with van der Waals surface area (Å²) in [6.07, 6.45) is 0.335. The highest BCUT2D eigenvalue weighted by Gasteiger charge is 2.21. The molecule has 1 N–H and O–H groups in total. The number of methoxy groups -OCH3 is 1. The zero-order valence-corrected chi connectivity index (χ0v) is 12.3. The summed E-state index contributed by atoms with van der Waals surface area (Å²) in [4.78, 5) is 23.3. The minimum Gasteiger partial charge on any atom is -0.467 e. The molecule has 1 aromatic rings. The molecule has 0 radical (unpaired) electrons. The number of carbonyl (C=O) groups excluding carboxylic acids is 2. The molecule has 1 amide bonds. The van der Waals surface area contributed by atoms with Crippen molar-refractivity contribution in [3.63, 3.8) is 0 Å². The van der Waals surface area contributed by atoms with Crippen LogP contribution in [0.5, 0.6) is 0 Å². The molecule has 0 aliphatic rings. The van der Waals surface area contributed by atoms with Crippen molar-refractivity contribution in [1.29, 1.82) is 0 Å². The van der Waals surface area contributed by atoms with Gasteiger partial charge in [-0.2, -0.15) is 0 Å². The van der Waals surface area contributed by atoms with Crippen LogP contribution >= 0.6 is 11.6 Å². The highest BCUT2D eigenvalue weighted by Crippen LogP contribution is 2.11. The first-order chi connectivity index (χ1) is 9.56. The number of amides is 1. The van der Waals surface area contributed by atoms with E-state index in [1.165, 1.54) is 7.11 Å². The Hall–Kier alpha value is -1.59. The van der Waals surface area contributed by atoms with Gasteiger partial charge < -0.3 is 14.8 Å². The van der Waals surface area contributed by atoms with E-state index in [9.17, 15) is 9.59 Å². The van der Waals surface area contributed by atoms with E-state index in [0.29, 0.717) is 18.1 Å². The molecule has 0 saturated carbocycles. The average molecular weight is 300 g/mol. The first-order valence-corrected chi connectivity index (χ1v) is 6.64. The zero-order valence-electron chi connectivity index (χ0n) is 11.5. The van der Waals surface area contributed by atoms with E-state index in [2.05, 4.69) is 5.32 Å². The van der Waals surface area contributed by atoms with Crippen LogP contribution in [-0.2, 0) is 25.5 Å². The maximum Gasteiger partial charge on any atom is 0.328 e. The minimum absolute atomic E-state index is 0.0788. The summed E-state index contributed by atoms with van der Waals surface area (Å²) >= 11 is 5.80. The summed E-state index contributed by atoms with van der Waals surface area (Å²) in [5.41, 5.74) is 0.876. The second-order valence-electron chi connectivity index (χ2n) is 4.11. The highest BCUT2D eigenvalue weighted by molar-refractivity contribution is 6.30. The Morgan fingerprint density at radius 2 is 1.95 bits per heavy atom. The minimum atomic E-state index is -0.742. The predicted octanol–water partition coefficient (Wildman–Crippen LogP) is 1.58. The third-order valence-corrected chi connectivity index (χ3v) is 2.86. The van der Waals surface area contributed by atoms with Gasteiger partial charge in [-0.3, -0.25) is 4.79 Å². The van der Waals surface area contributed by atoms with Crippen LogP contribution in [0.15, 0.2) is 24.3 Å². The van der Waals surface area contributed by atoms with Crippen molar-refractivity contribution in [2.45, 2.75) is 19.4 Å². The first kappa shape index (κ1) is 16.5. The number of halogens is 1. The Bertz CT molecular complexity index is 447. The molecule has 6 heteroatoms. The molecule has 0 aromatic heterocycles. The standard InChI is InChI=1S/C14H18ClNO4/c1-3-20-9-13(17)16-12(14(18)19-2)8-10-4-6-11(15)7-5-10/h4-7,12H,3,8-9H2,1-2H3,(H,16,17)/t12-/m1/s1. The summed E-state index contributed by atoms with van der Waals surface area (Å²) < 4.78 is 9.69. The largest absolute Gasteiger partial charge is 0.467 e. The van der Waals surface area contributed by atoms with E-state index in [4.69, 9.17) is 21.1 Å². The third-order valence-electron chi connectivity index (χ3n) is 2.61. The fourth-order valence-electron chi connectivity index (χ4n) is 1.62. The lowest BCUT2D eigenvalue weighted by Gasteiger charge is -2.16. The molecule has 0 bridgehead atoms. The van der Waals surface area contributed by atoms with Crippen LogP contribution in [0.2, 0.25) is 5.02 Å². The van der Waals surface area contributed by atoms with E-state index in [-0.39, 0.29) is 12.5 Å². The molecule has 0 fully saturated rings. The van der Waals surface area contributed by atoms with Crippen molar-refractivity contribution in [3.8, 4) is 0 Å². The van der Waals surface area contributed by atoms with Gasteiger partial charge in [0.2, 0.25) is 5.91 Å². The highest BCUT2D eigenvalue weighted by atomic mass is 35.5. The number of hydrogen-bond acceptors (Lipinski definition) is 4. The van der Waals surface area contributed by atoms with E-state index in [0.717, 1.165) is 5.56 Å². The molecule has 0 aliphatic heterocycles. The smallest absolute Gasteiger partial charge is 0.328 e. The average Bonchev–Trinajstić information content (AvgIpc) is 2.45. The summed E-state index contributed by atoms with van der Waals surface area (Å²) in [6, 6.07) is 6.31. The van der Waals surface area contributed by atoms with Crippen molar-refractivity contribution in [2.75, 3.05) is 20.3 Å². The predicted molar refractivity (Wildman–Crippen MR) is 75.6 cm³/mol. The molecule has 5 nitrogen and oxygen atoms in total. The van der Waals surface area contributed by atoms with Crippen molar-refractivity contribution in [2.24, 2.45) is 0 Å². The number of nitrogens with one attached hydrogen (secondary N) is 1. The van der Waals surface area contributed by atoms with Crippen LogP contribution in [0, 0.1) is 0 Å². The Balaban J connectivity index is 2.67. The van der Waals surface area contributed by atoms with Gasteiger partial charge in [0.25, 0.3) is 0 Å². The number of ether oxygens (including phenoxy) is 2. The van der Waals surface area contributed by atoms with Gasteiger partial charge in [0.15, 0.2) is 0 Å². The SMILES string of the molecule is CCOCC(=O)N[C@H](Cc1ccc(Cl)cc1)C(=O)OC. The van der Waals surface area contributed by atoms with Crippen molar-refractivity contribution in [1.82, 2.24) is 5.32 Å². The molecular formula is C14H18ClNO4. The molecule has 0 spiro atoms. The normalized spacial score (nSPS) is 11.8. The Morgan fingerprint density at radius 3 is 2.50 bits per heavy atom. The van der Waals surface area contributed by atoms with Gasteiger partial charge in [-0.05, 0) is 24.6 Å². The molecule has 0 heterocycles. The summed E-state index contributed by atoms with van der Waals surface area (Å²) in [5.74, 6) is -0.846. The summed E-state index contributed by atoms with van der Waals surface area (Å²) in [5, 5.41) is 3.21. The van der Waals surface area contributed by atoms with Gasteiger partial charge in [-0.1, -0.05) is 23.7 Å². The van der Waals surface area contributed by atoms with Gasteiger partial charge in [0.1, 0.15) is 12.6 Å². The maximum absolute atomic E-state index is 11.7. The number of carbonyl (C=O) groups is 2. The van der Waals surface area contributed by atoms with Gasteiger partial charge in [-0.25, -0.2) is 4.79 Å². The molecular weight excluding hydrogens is 282 g/mol. The number of rotatable bonds is 7. The quantitative estimate of drug-likeness (QED) is 0.776. The number of esters is 1. The van der Waals surface area contributed by atoms with Crippen molar-refractivity contribution in [3.05, 3.63) is 34.9 Å². The lowest BCUT2D eigenvalue weighted by Crippen LogP contribution is -2.44. The monoisotopic (exact) mass is 299 g/mol. The van der Waals surface area contributed by atoms with Crippen LogP contribution in [0.1, 0.15) is 12.5 Å². The van der Waals surface area contributed by atoms with Crippen molar-refractivity contribution >= 4 is 23.5 Å². The Labute approximate surface area is 123 Å². The molecule has 0 aliphatic carbocycles. The first-order valence-electron chi connectivity index (χ1n) is 6.26. The molecule has 0 unspecified atom stereocenters. The summed E-state index contributed by atoms with van der Waals surface area (Å²) in [7, 11) is 1.28. The molecule has 110 valence electrons. The molecule has 0 saturated heterocycles. The molecule has 20 heavy (non-hydrogen) atoms. The lowest BCUT2D eigenvalue weighted by molar-refractivity contribution is -0.145. The Kier molecular flexibility index (Phi) is 7.04. The van der Waals surface area contributed by atoms with Gasteiger partial charge in [0.05, 0.1) is 7.11 Å². The van der Waals surface area contributed by atoms with E-state index in [1.54, 1.807) is 31.2 Å². The second-order valence-corrected chi connectivity index (χ2v) is 4.55. The van der Waals surface area contributed by atoms with Crippen LogP contribution in [-0.4, -0.2) is 38.2 Å². The maximum atomic E-state index is 11.7. The van der Waals surface area contributed by atoms with Crippen LogP contribution in [0.4, 0.5) is 0 Å². The zero-order chi connectivity index (χ0) is 15.0. The van der Waals surface area contributed by atoms with E-state index < -0.39 is 12.0 Å². The topological polar surface area (TPSA) is 64.6 Å². The number of benzene rings is 1. The fraction of sp³-hybridized carbons (Fsp3) is 0.429. The van der Waals surface area contributed by atoms with Crippen LogP contribution in [0.3, 0.4) is 0 Å². The fourth-order valence-corrected chi connectivity index (χ4v) is 1.75. The van der Waals surface area contributed by atoms with Crippen LogP contribution in [0.25, 0.3) is 0 Å². The van der Waals surface area contributed by atoms with E-state index >= 15 is 0 Å². The second kappa shape index (κ2) is 8.55. The number of hydrogen-bond donors (Lipinski definition) is 1.